The third-order valence-corrected chi connectivity index (χ3v) is 2.40. The van der Waals surface area contributed by atoms with Crippen LogP contribution in [0, 0.1) is 5.92 Å². The number of carbonyl (C=O) groups excluding carboxylic acids is 1. The van der Waals surface area contributed by atoms with Gasteiger partial charge in [-0.25, -0.2) is 8.42 Å². The molecule has 12 heavy (non-hydrogen) atoms. The Hall–Kier alpha value is -0.620. The first-order valence-electron chi connectivity index (χ1n) is 3.65. The van der Waals surface area contributed by atoms with E-state index in [4.69, 9.17) is 5.73 Å². The van der Waals surface area contributed by atoms with Gasteiger partial charge in [-0.15, -0.1) is 0 Å². The summed E-state index contributed by atoms with van der Waals surface area (Å²) in [6, 6.07) is 0.0558. The van der Waals surface area contributed by atoms with Gasteiger partial charge < -0.3 is 5.73 Å². The van der Waals surface area contributed by atoms with Crippen LogP contribution in [0.5, 0.6) is 0 Å². The van der Waals surface area contributed by atoms with E-state index in [2.05, 4.69) is 0 Å². The zero-order chi connectivity index (χ0) is 9.35. The quantitative estimate of drug-likeness (QED) is 0.575. The fraction of sp³-hybridized carbons (Fsp3) is 0.833. The van der Waals surface area contributed by atoms with Gasteiger partial charge in [0.2, 0.25) is 15.9 Å². The maximum absolute atomic E-state index is 11.0. The highest BCUT2D eigenvalue weighted by atomic mass is 32.2. The van der Waals surface area contributed by atoms with E-state index < -0.39 is 15.9 Å². The van der Waals surface area contributed by atoms with E-state index in [0.717, 1.165) is 6.26 Å². The standard InChI is InChI=1S/C6H12N2O3S/c1-12(10,11)8-6(9)4-2-5(7)3-4/h4-5H,2-3,7H2,1H3,(H,8,9)/t4-,5-. The molecule has 0 radical (unpaired) electrons. The number of hydrogen-bond donors (Lipinski definition) is 2. The van der Waals surface area contributed by atoms with E-state index >= 15 is 0 Å². The summed E-state index contributed by atoms with van der Waals surface area (Å²) in [6.07, 6.45) is 2.13. The second-order valence-electron chi connectivity index (χ2n) is 3.17. The van der Waals surface area contributed by atoms with E-state index in [0.29, 0.717) is 12.8 Å². The predicted octanol–water partition coefficient (Wildman–Crippen LogP) is -1.20. The minimum absolute atomic E-state index is 0.0558. The Kier molecular flexibility index (Phi) is 2.39. The molecule has 70 valence electrons. The molecule has 5 nitrogen and oxygen atoms in total. The molecule has 0 aromatic heterocycles. The van der Waals surface area contributed by atoms with E-state index in [1.165, 1.54) is 0 Å². The fourth-order valence-electron chi connectivity index (χ4n) is 1.14. The summed E-state index contributed by atoms with van der Waals surface area (Å²) in [5, 5.41) is 0. The van der Waals surface area contributed by atoms with Crippen LogP contribution in [0.4, 0.5) is 0 Å². The van der Waals surface area contributed by atoms with Crippen LogP contribution >= 0.6 is 0 Å². The highest BCUT2D eigenvalue weighted by Crippen LogP contribution is 2.25. The van der Waals surface area contributed by atoms with Gasteiger partial charge in [0.15, 0.2) is 0 Å². The van der Waals surface area contributed by atoms with Gasteiger partial charge in [0.1, 0.15) is 0 Å². The number of rotatable bonds is 2. The Morgan fingerprint density at radius 2 is 2.00 bits per heavy atom. The Balaban J connectivity index is 2.41. The van der Waals surface area contributed by atoms with Crippen LogP contribution in [-0.2, 0) is 14.8 Å². The molecule has 1 amide bonds. The molecular formula is C6H12N2O3S. The summed E-state index contributed by atoms with van der Waals surface area (Å²) >= 11 is 0. The lowest BCUT2D eigenvalue weighted by Crippen LogP contribution is -2.46. The van der Waals surface area contributed by atoms with Crippen LogP contribution in [0.15, 0.2) is 0 Å². The van der Waals surface area contributed by atoms with Crippen molar-refractivity contribution in [3.63, 3.8) is 0 Å². The molecule has 0 atom stereocenters. The van der Waals surface area contributed by atoms with Crippen LogP contribution < -0.4 is 10.5 Å². The van der Waals surface area contributed by atoms with E-state index in [9.17, 15) is 13.2 Å². The minimum Gasteiger partial charge on any atom is -0.328 e. The highest BCUT2D eigenvalue weighted by Gasteiger charge is 2.32. The van der Waals surface area contributed by atoms with Crippen molar-refractivity contribution < 1.29 is 13.2 Å². The molecule has 1 rings (SSSR count). The second kappa shape index (κ2) is 3.02. The average molecular weight is 192 g/mol. The summed E-state index contributed by atoms with van der Waals surface area (Å²) in [4.78, 5) is 11.0. The lowest BCUT2D eigenvalue weighted by Gasteiger charge is -2.30. The average Bonchev–Trinajstić information content (AvgIpc) is 1.76. The lowest BCUT2D eigenvalue weighted by atomic mass is 9.80. The Labute approximate surface area is 71.4 Å². The maximum atomic E-state index is 11.0. The monoisotopic (exact) mass is 192 g/mol. The van der Waals surface area contributed by atoms with Crippen LogP contribution in [0.25, 0.3) is 0 Å². The molecule has 0 bridgehead atoms. The second-order valence-corrected chi connectivity index (χ2v) is 4.92. The van der Waals surface area contributed by atoms with Gasteiger partial charge in [-0.1, -0.05) is 0 Å². The molecule has 0 aromatic carbocycles. The summed E-state index contributed by atoms with van der Waals surface area (Å²) in [5.41, 5.74) is 5.44. The number of nitrogens with two attached hydrogens (primary N) is 1. The Morgan fingerprint density at radius 1 is 1.50 bits per heavy atom. The Bertz CT molecular complexity index is 279. The normalized spacial score (nSPS) is 29.2. The van der Waals surface area contributed by atoms with Crippen molar-refractivity contribution in [3.05, 3.63) is 0 Å². The summed E-state index contributed by atoms with van der Waals surface area (Å²) in [5.74, 6) is -0.645. The molecule has 1 aliphatic carbocycles. The molecule has 0 saturated heterocycles. The van der Waals surface area contributed by atoms with Gasteiger partial charge in [-0.3, -0.25) is 9.52 Å². The molecule has 0 unspecified atom stereocenters. The maximum Gasteiger partial charge on any atom is 0.236 e. The molecule has 0 aromatic rings. The summed E-state index contributed by atoms with van der Waals surface area (Å²) in [6.45, 7) is 0. The molecular weight excluding hydrogens is 180 g/mol. The van der Waals surface area contributed by atoms with Gasteiger partial charge in [0, 0.05) is 12.0 Å². The molecule has 3 N–H and O–H groups in total. The molecule has 6 heteroatoms. The largest absolute Gasteiger partial charge is 0.328 e. The number of amides is 1. The van der Waals surface area contributed by atoms with Gasteiger partial charge >= 0.3 is 0 Å². The first-order valence-corrected chi connectivity index (χ1v) is 5.55. The summed E-state index contributed by atoms with van der Waals surface area (Å²) < 4.78 is 23.1. The predicted molar refractivity (Wildman–Crippen MR) is 43.7 cm³/mol. The molecule has 1 saturated carbocycles. The van der Waals surface area contributed by atoms with Gasteiger partial charge in [-0.05, 0) is 12.8 Å². The fourth-order valence-corrected chi connectivity index (χ4v) is 1.67. The third kappa shape index (κ3) is 2.46. The van der Waals surface area contributed by atoms with E-state index in [-0.39, 0.29) is 12.0 Å². The molecule has 1 aliphatic rings. The van der Waals surface area contributed by atoms with Crippen molar-refractivity contribution in [2.75, 3.05) is 6.26 Å². The van der Waals surface area contributed by atoms with Crippen LogP contribution in [0.1, 0.15) is 12.8 Å². The zero-order valence-corrected chi connectivity index (χ0v) is 7.60. The van der Waals surface area contributed by atoms with Crippen molar-refractivity contribution in [3.8, 4) is 0 Å². The smallest absolute Gasteiger partial charge is 0.236 e. The van der Waals surface area contributed by atoms with Crippen LogP contribution in [-0.4, -0.2) is 26.6 Å². The van der Waals surface area contributed by atoms with Crippen molar-refractivity contribution in [2.24, 2.45) is 11.7 Å². The zero-order valence-electron chi connectivity index (χ0n) is 6.78. The first-order chi connectivity index (χ1) is 5.38. The third-order valence-electron chi connectivity index (χ3n) is 1.83. The molecule has 1 fully saturated rings. The van der Waals surface area contributed by atoms with Gasteiger partial charge in [0.05, 0.1) is 6.26 Å². The number of nitrogens with one attached hydrogen (secondary N) is 1. The minimum atomic E-state index is -3.40. The SMILES string of the molecule is CS(=O)(=O)NC(=O)[C@H]1C[C@H](N)C1. The van der Waals surface area contributed by atoms with Gasteiger partial charge in [0.25, 0.3) is 0 Å². The van der Waals surface area contributed by atoms with E-state index in [1.54, 1.807) is 0 Å². The first kappa shape index (κ1) is 9.47. The van der Waals surface area contributed by atoms with Crippen molar-refractivity contribution in [1.29, 1.82) is 0 Å². The number of sulfonamides is 1. The highest BCUT2D eigenvalue weighted by molar-refractivity contribution is 7.89. The number of hydrogen-bond acceptors (Lipinski definition) is 4. The van der Waals surface area contributed by atoms with Crippen molar-refractivity contribution in [2.45, 2.75) is 18.9 Å². The molecule has 0 aliphatic heterocycles. The molecule has 0 heterocycles. The van der Waals surface area contributed by atoms with E-state index in [1.807, 2.05) is 4.72 Å². The van der Waals surface area contributed by atoms with Crippen molar-refractivity contribution in [1.82, 2.24) is 4.72 Å². The summed E-state index contributed by atoms with van der Waals surface area (Å²) in [7, 11) is -3.40. The topological polar surface area (TPSA) is 89.3 Å². The van der Waals surface area contributed by atoms with Crippen LogP contribution in [0.2, 0.25) is 0 Å². The lowest BCUT2D eigenvalue weighted by molar-refractivity contribution is -0.125. The number of carbonyl (C=O) groups is 1. The molecule has 0 spiro atoms. The van der Waals surface area contributed by atoms with Crippen molar-refractivity contribution >= 4 is 15.9 Å². The van der Waals surface area contributed by atoms with Crippen LogP contribution in [0.3, 0.4) is 0 Å². The Morgan fingerprint density at radius 3 is 2.33 bits per heavy atom. The van der Waals surface area contributed by atoms with Gasteiger partial charge in [-0.2, -0.15) is 0 Å².